The number of benzene rings is 2. The van der Waals surface area contributed by atoms with Gasteiger partial charge in [0.15, 0.2) is 22.9 Å². The zero-order valence-corrected chi connectivity index (χ0v) is 18.6. The number of ketones is 1. The third-order valence-electron chi connectivity index (χ3n) is 6.45. The van der Waals surface area contributed by atoms with E-state index < -0.39 is 23.5 Å². The van der Waals surface area contributed by atoms with E-state index in [9.17, 15) is 19.8 Å². The van der Waals surface area contributed by atoms with E-state index in [4.69, 9.17) is 20.8 Å². The molecule has 2 aromatic carbocycles. The number of hydrogen-bond acceptors (Lipinski definition) is 6. The van der Waals surface area contributed by atoms with E-state index in [-0.39, 0.29) is 28.1 Å². The second-order valence-electron chi connectivity index (χ2n) is 8.34. The molecule has 33 heavy (non-hydrogen) atoms. The van der Waals surface area contributed by atoms with Crippen molar-refractivity contribution >= 4 is 34.3 Å². The molecule has 0 saturated heterocycles. The molecule has 1 aliphatic carbocycles. The summed E-state index contributed by atoms with van der Waals surface area (Å²) in [7, 11) is 1.51. The van der Waals surface area contributed by atoms with Crippen LogP contribution in [0.2, 0.25) is 5.02 Å². The molecule has 1 aliphatic heterocycles. The maximum atomic E-state index is 13.7. The molecule has 1 saturated carbocycles. The molecule has 1 atom stereocenters. The van der Waals surface area contributed by atoms with E-state index in [1.54, 1.807) is 35.2 Å². The van der Waals surface area contributed by atoms with Gasteiger partial charge in [0, 0.05) is 11.4 Å². The number of carbonyl (C=O) groups is 2. The molecule has 3 aromatic rings. The molecular weight excluding hydrogens is 446 g/mol. The molecule has 5 rings (SSSR count). The zero-order chi connectivity index (χ0) is 23.3. The van der Waals surface area contributed by atoms with E-state index in [1.165, 1.54) is 19.2 Å². The Balaban J connectivity index is 1.64. The van der Waals surface area contributed by atoms with Gasteiger partial charge in [-0.3, -0.25) is 9.59 Å². The molecule has 1 fully saturated rings. The van der Waals surface area contributed by atoms with E-state index in [1.807, 2.05) is 0 Å². The number of hydrogen-bond donors (Lipinski definition) is 2. The number of amides is 1. The van der Waals surface area contributed by atoms with Crippen LogP contribution in [0.4, 0.5) is 0 Å². The van der Waals surface area contributed by atoms with Gasteiger partial charge in [-0.05, 0) is 42.7 Å². The van der Waals surface area contributed by atoms with Crippen LogP contribution < -0.4 is 4.74 Å². The molecule has 0 spiro atoms. The first-order valence-electron chi connectivity index (χ1n) is 10.8. The van der Waals surface area contributed by atoms with Crippen molar-refractivity contribution in [2.75, 3.05) is 7.11 Å². The lowest BCUT2D eigenvalue weighted by Gasteiger charge is -2.32. The third-order valence-corrected chi connectivity index (χ3v) is 6.75. The van der Waals surface area contributed by atoms with Crippen molar-refractivity contribution in [3.05, 3.63) is 70.1 Å². The predicted molar refractivity (Wildman–Crippen MR) is 122 cm³/mol. The van der Waals surface area contributed by atoms with Gasteiger partial charge in [0.05, 0.1) is 23.7 Å². The number of aliphatic hydroxyl groups is 1. The first kappa shape index (κ1) is 21.4. The fourth-order valence-corrected chi connectivity index (χ4v) is 5.07. The number of para-hydroxylation sites is 1. The van der Waals surface area contributed by atoms with Crippen LogP contribution in [-0.4, -0.2) is 40.0 Å². The lowest BCUT2D eigenvalue weighted by molar-refractivity contribution is -0.131. The molecule has 2 heterocycles. The Morgan fingerprint density at radius 1 is 1.15 bits per heavy atom. The minimum absolute atomic E-state index is 0.00741. The molecule has 0 radical (unpaired) electrons. The average Bonchev–Trinajstić information content (AvgIpc) is 3.54. The van der Waals surface area contributed by atoms with Crippen LogP contribution in [0.1, 0.15) is 47.8 Å². The molecule has 1 unspecified atom stereocenters. The maximum Gasteiger partial charge on any atom is 0.290 e. The van der Waals surface area contributed by atoms with Crippen molar-refractivity contribution in [2.45, 2.75) is 37.8 Å². The van der Waals surface area contributed by atoms with Crippen LogP contribution >= 0.6 is 11.6 Å². The highest BCUT2D eigenvalue weighted by Gasteiger charge is 2.47. The van der Waals surface area contributed by atoms with Crippen molar-refractivity contribution in [1.82, 2.24) is 4.90 Å². The number of aliphatic hydroxyl groups excluding tert-OH is 1. The molecule has 8 heteroatoms. The first-order chi connectivity index (χ1) is 15.9. The van der Waals surface area contributed by atoms with Gasteiger partial charge in [0.2, 0.25) is 5.78 Å². The predicted octanol–water partition coefficient (Wildman–Crippen LogP) is 5.32. The van der Waals surface area contributed by atoms with Gasteiger partial charge in [-0.15, -0.1) is 0 Å². The quantitative estimate of drug-likeness (QED) is 0.492. The number of Topliss-reactive ketones (excluding diaryl/α,β-unsaturated/α-hetero) is 1. The number of phenols is 1. The lowest BCUT2D eigenvalue weighted by atomic mass is 9.94. The maximum absolute atomic E-state index is 13.7. The minimum Gasteiger partial charge on any atom is -0.506 e. The first-order valence-corrected chi connectivity index (χ1v) is 11.1. The standard InChI is InChI=1S/C25H22ClNO6/c1-32-18-8-4-5-14-12-19(33-24(14)18)22(29)20-21(13-9-10-17(28)16(26)11-13)27(25(31)23(20)30)15-6-2-3-7-15/h4-5,8-12,15,21,28,30H,2-3,6-7H2,1H3. The Bertz CT molecular complexity index is 1300. The monoisotopic (exact) mass is 467 g/mol. The number of halogens is 1. The summed E-state index contributed by atoms with van der Waals surface area (Å²) in [5.41, 5.74) is 0.871. The summed E-state index contributed by atoms with van der Waals surface area (Å²) in [5.74, 6) is -1.41. The summed E-state index contributed by atoms with van der Waals surface area (Å²) >= 11 is 6.15. The Morgan fingerprint density at radius 2 is 1.91 bits per heavy atom. The van der Waals surface area contributed by atoms with E-state index in [0.717, 1.165) is 25.7 Å². The van der Waals surface area contributed by atoms with Crippen molar-refractivity contribution < 1.29 is 29.0 Å². The second kappa shape index (κ2) is 8.15. The van der Waals surface area contributed by atoms with Crippen LogP contribution in [0.25, 0.3) is 11.0 Å². The van der Waals surface area contributed by atoms with Gasteiger partial charge < -0.3 is 24.3 Å². The number of aromatic hydroxyl groups is 1. The Hall–Kier alpha value is -3.45. The Kier molecular flexibility index (Phi) is 5.29. The number of carbonyl (C=O) groups excluding carboxylic acids is 2. The van der Waals surface area contributed by atoms with Gasteiger partial charge >= 0.3 is 0 Å². The normalized spacial score (nSPS) is 19.2. The fraction of sp³-hybridized carbons (Fsp3) is 0.280. The van der Waals surface area contributed by atoms with E-state index >= 15 is 0 Å². The average molecular weight is 468 g/mol. The van der Waals surface area contributed by atoms with E-state index in [0.29, 0.717) is 22.3 Å². The van der Waals surface area contributed by atoms with Gasteiger partial charge in [-0.2, -0.15) is 0 Å². The number of furan rings is 1. The van der Waals surface area contributed by atoms with Crippen molar-refractivity contribution in [3.8, 4) is 11.5 Å². The van der Waals surface area contributed by atoms with Crippen molar-refractivity contribution in [2.24, 2.45) is 0 Å². The van der Waals surface area contributed by atoms with Crippen LogP contribution in [-0.2, 0) is 4.79 Å². The number of methoxy groups -OCH3 is 1. The molecule has 1 aromatic heterocycles. The summed E-state index contributed by atoms with van der Waals surface area (Å²) in [5, 5.41) is 21.5. The van der Waals surface area contributed by atoms with Gasteiger partial charge in [0.25, 0.3) is 5.91 Å². The Morgan fingerprint density at radius 3 is 2.61 bits per heavy atom. The van der Waals surface area contributed by atoms with Gasteiger partial charge in [-0.1, -0.05) is 42.6 Å². The largest absolute Gasteiger partial charge is 0.506 e. The van der Waals surface area contributed by atoms with Crippen LogP contribution in [0.15, 0.2) is 58.2 Å². The van der Waals surface area contributed by atoms with Crippen LogP contribution in [0.3, 0.4) is 0 Å². The molecule has 1 amide bonds. The SMILES string of the molecule is COc1cccc2cc(C(=O)C3=C(O)C(=O)N(C4CCCC4)C3c3ccc(O)c(Cl)c3)oc12. The van der Waals surface area contributed by atoms with Crippen LogP contribution in [0.5, 0.6) is 11.5 Å². The number of fused-ring (bicyclic) bond motifs is 1. The van der Waals surface area contributed by atoms with Gasteiger partial charge in [-0.25, -0.2) is 0 Å². The Labute approximate surface area is 194 Å². The third kappa shape index (κ3) is 3.43. The number of rotatable bonds is 5. The molecule has 2 aliphatic rings. The van der Waals surface area contributed by atoms with Crippen molar-refractivity contribution in [1.29, 1.82) is 0 Å². The summed E-state index contributed by atoms with van der Waals surface area (Å²) in [6.07, 6.45) is 3.49. The van der Waals surface area contributed by atoms with E-state index in [2.05, 4.69) is 0 Å². The number of phenolic OH excluding ortho intramolecular Hbond substituents is 1. The topological polar surface area (TPSA) is 100 Å². The zero-order valence-electron chi connectivity index (χ0n) is 17.9. The summed E-state index contributed by atoms with van der Waals surface area (Å²) < 4.78 is 11.1. The summed E-state index contributed by atoms with van der Waals surface area (Å²) in [6, 6.07) is 10.4. The second-order valence-corrected chi connectivity index (χ2v) is 8.75. The highest BCUT2D eigenvalue weighted by atomic mass is 35.5. The number of ether oxygens (including phenoxy) is 1. The van der Waals surface area contributed by atoms with Gasteiger partial charge in [0.1, 0.15) is 5.75 Å². The highest BCUT2D eigenvalue weighted by Crippen LogP contribution is 2.45. The smallest absolute Gasteiger partial charge is 0.290 e. The lowest BCUT2D eigenvalue weighted by Crippen LogP contribution is -2.38. The molecule has 170 valence electrons. The van der Waals surface area contributed by atoms with Crippen LogP contribution in [0, 0.1) is 0 Å². The number of nitrogens with zero attached hydrogens (tertiary/aromatic N) is 1. The molecule has 7 nitrogen and oxygen atoms in total. The van der Waals surface area contributed by atoms with Crippen molar-refractivity contribution in [3.63, 3.8) is 0 Å². The molecule has 0 bridgehead atoms. The molecular formula is C25H22ClNO6. The summed E-state index contributed by atoms with van der Waals surface area (Å²) in [6.45, 7) is 0. The molecule has 2 N–H and O–H groups in total. The highest BCUT2D eigenvalue weighted by molar-refractivity contribution is 6.32. The fourth-order valence-electron chi connectivity index (χ4n) is 4.88. The summed E-state index contributed by atoms with van der Waals surface area (Å²) in [4.78, 5) is 28.4. The minimum atomic E-state index is -0.846.